The molecule has 5 rings (SSSR count). The zero-order valence-corrected chi connectivity index (χ0v) is 20.2. The summed E-state index contributed by atoms with van der Waals surface area (Å²) in [5, 5.41) is 10.9. The van der Waals surface area contributed by atoms with Crippen molar-refractivity contribution in [3.05, 3.63) is 131 Å². The predicted octanol–water partition coefficient (Wildman–Crippen LogP) is 5.65. The van der Waals surface area contributed by atoms with Gasteiger partial charge in [0.2, 0.25) is 5.78 Å². The molecule has 0 fully saturated rings. The van der Waals surface area contributed by atoms with Crippen LogP contribution in [0.1, 0.15) is 33.3 Å². The number of aliphatic hydroxyl groups is 1. The lowest BCUT2D eigenvalue weighted by Crippen LogP contribution is -2.30. The molecule has 0 aliphatic carbocycles. The number of hydrogen-bond donors (Lipinski definition) is 1. The summed E-state index contributed by atoms with van der Waals surface area (Å²) in [6, 6.07) is 26.6. The van der Waals surface area contributed by atoms with Crippen LogP contribution < -0.4 is 9.47 Å². The monoisotopic (exact) mass is 495 g/mol. The maximum Gasteiger partial charge on any atom is 0.290 e. The molecule has 7 nitrogen and oxygen atoms in total. The van der Waals surface area contributed by atoms with Gasteiger partial charge in [-0.25, -0.2) is 0 Å². The third kappa shape index (κ3) is 4.84. The molecule has 2 heterocycles. The molecule has 0 saturated heterocycles. The van der Waals surface area contributed by atoms with E-state index in [1.54, 1.807) is 24.3 Å². The Hall–Kier alpha value is -4.78. The third-order valence-corrected chi connectivity index (χ3v) is 6.23. The van der Waals surface area contributed by atoms with Crippen molar-refractivity contribution in [2.75, 3.05) is 7.11 Å². The average molecular weight is 496 g/mol. The first-order valence-corrected chi connectivity index (χ1v) is 11.8. The van der Waals surface area contributed by atoms with Gasteiger partial charge in [-0.1, -0.05) is 66.7 Å². The van der Waals surface area contributed by atoms with Gasteiger partial charge in [-0.3, -0.25) is 9.59 Å². The summed E-state index contributed by atoms with van der Waals surface area (Å²) in [4.78, 5) is 28.1. The number of benzene rings is 3. The largest absolute Gasteiger partial charge is 0.503 e. The lowest BCUT2D eigenvalue weighted by molar-refractivity contribution is -0.130. The highest BCUT2D eigenvalue weighted by Crippen LogP contribution is 2.42. The van der Waals surface area contributed by atoms with Gasteiger partial charge in [0.25, 0.3) is 5.91 Å². The molecule has 7 heteroatoms. The molecule has 37 heavy (non-hydrogen) atoms. The summed E-state index contributed by atoms with van der Waals surface area (Å²) in [5.74, 6) is -0.786. The first kappa shape index (κ1) is 23.9. The Labute approximate surface area is 214 Å². The Morgan fingerprint density at radius 2 is 1.62 bits per heavy atom. The van der Waals surface area contributed by atoms with Crippen molar-refractivity contribution in [3.8, 4) is 11.5 Å². The molecule has 0 radical (unpaired) electrons. The smallest absolute Gasteiger partial charge is 0.290 e. The number of amides is 1. The summed E-state index contributed by atoms with van der Waals surface area (Å²) in [6.07, 6.45) is 1.38. The van der Waals surface area contributed by atoms with Crippen LogP contribution in [-0.4, -0.2) is 28.8 Å². The van der Waals surface area contributed by atoms with Crippen LogP contribution in [0.25, 0.3) is 0 Å². The molecular weight excluding hydrogens is 470 g/mol. The highest BCUT2D eigenvalue weighted by molar-refractivity contribution is 6.15. The number of ketones is 1. The van der Waals surface area contributed by atoms with Crippen LogP contribution in [-0.2, 0) is 17.9 Å². The van der Waals surface area contributed by atoms with E-state index >= 15 is 0 Å². The van der Waals surface area contributed by atoms with E-state index in [0.717, 1.165) is 11.1 Å². The maximum atomic E-state index is 13.4. The van der Waals surface area contributed by atoms with E-state index in [9.17, 15) is 14.7 Å². The van der Waals surface area contributed by atoms with E-state index in [-0.39, 0.29) is 17.9 Å². The Morgan fingerprint density at radius 1 is 0.919 bits per heavy atom. The van der Waals surface area contributed by atoms with Gasteiger partial charge in [-0.15, -0.1) is 0 Å². The zero-order valence-electron chi connectivity index (χ0n) is 20.2. The van der Waals surface area contributed by atoms with Crippen molar-refractivity contribution in [2.45, 2.75) is 19.2 Å². The molecule has 1 amide bonds. The summed E-state index contributed by atoms with van der Waals surface area (Å²) < 4.78 is 16.9. The lowest BCUT2D eigenvalue weighted by Gasteiger charge is -2.27. The maximum absolute atomic E-state index is 13.4. The number of ether oxygens (including phenoxy) is 2. The Balaban J connectivity index is 1.52. The zero-order chi connectivity index (χ0) is 25.8. The normalized spacial score (nSPS) is 15.2. The summed E-state index contributed by atoms with van der Waals surface area (Å²) in [5.41, 5.74) is 2.40. The number of furan rings is 1. The van der Waals surface area contributed by atoms with E-state index < -0.39 is 23.5 Å². The van der Waals surface area contributed by atoms with E-state index in [1.165, 1.54) is 24.3 Å². The molecule has 1 atom stereocenters. The van der Waals surface area contributed by atoms with Gasteiger partial charge in [0.15, 0.2) is 23.0 Å². The van der Waals surface area contributed by atoms with Crippen LogP contribution in [0, 0.1) is 0 Å². The van der Waals surface area contributed by atoms with Gasteiger partial charge in [-0.05, 0) is 41.0 Å². The number of rotatable bonds is 9. The number of nitrogens with zero attached hydrogens (tertiary/aromatic N) is 1. The SMILES string of the molecule is COc1cc(C2C(C(=O)c3ccco3)=C(O)C(=O)N2Cc2ccccc2)ccc1OCc1ccccc1. The van der Waals surface area contributed by atoms with E-state index in [1.807, 2.05) is 60.7 Å². The van der Waals surface area contributed by atoms with Gasteiger partial charge in [0, 0.05) is 6.54 Å². The molecule has 1 unspecified atom stereocenters. The van der Waals surface area contributed by atoms with Gasteiger partial charge in [0.1, 0.15) is 6.61 Å². The molecule has 1 aliphatic rings. The van der Waals surface area contributed by atoms with Gasteiger partial charge >= 0.3 is 0 Å². The number of aliphatic hydroxyl groups excluding tert-OH is 1. The van der Waals surface area contributed by atoms with Crippen LogP contribution in [0.15, 0.2) is 113 Å². The van der Waals surface area contributed by atoms with Gasteiger partial charge in [-0.2, -0.15) is 0 Å². The minimum atomic E-state index is -0.859. The third-order valence-electron chi connectivity index (χ3n) is 6.23. The average Bonchev–Trinajstić information content (AvgIpc) is 3.56. The quantitative estimate of drug-likeness (QED) is 0.302. The van der Waals surface area contributed by atoms with Crippen molar-refractivity contribution >= 4 is 11.7 Å². The number of carbonyl (C=O) groups excluding carboxylic acids is 2. The molecule has 1 N–H and O–H groups in total. The number of Topliss-reactive ketones (excluding diaryl/α,β-unsaturated/α-hetero) is 1. The van der Waals surface area contributed by atoms with Crippen molar-refractivity contribution in [2.24, 2.45) is 0 Å². The number of carbonyl (C=O) groups is 2. The van der Waals surface area contributed by atoms with E-state index in [4.69, 9.17) is 13.9 Å². The van der Waals surface area contributed by atoms with Crippen molar-refractivity contribution in [3.63, 3.8) is 0 Å². The highest BCUT2D eigenvalue weighted by atomic mass is 16.5. The van der Waals surface area contributed by atoms with Crippen LogP contribution >= 0.6 is 0 Å². The second-order valence-electron chi connectivity index (χ2n) is 8.57. The molecule has 186 valence electrons. The van der Waals surface area contributed by atoms with Gasteiger partial charge in [0.05, 0.1) is 25.0 Å². The molecular formula is C30H25NO6. The van der Waals surface area contributed by atoms with Crippen molar-refractivity contribution in [1.29, 1.82) is 0 Å². The lowest BCUT2D eigenvalue weighted by atomic mass is 9.94. The number of hydrogen-bond acceptors (Lipinski definition) is 6. The Kier molecular flexibility index (Phi) is 6.76. The van der Waals surface area contributed by atoms with Crippen LogP contribution in [0.5, 0.6) is 11.5 Å². The molecule has 4 aromatic rings. The first-order chi connectivity index (χ1) is 18.1. The summed E-state index contributed by atoms with van der Waals surface area (Å²) in [6.45, 7) is 0.541. The second kappa shape index (κ2) is 10.5. The highest BCUT2D eigenvalue weighted by Gasteiger charge is 2.44. The topological polar surface area (TPSA) is 89.2 Å². The fourth-order valence-electron chi connectivity index (χ4n) is 4.42. The Morgan fingerprint density at radius 3 is 2.27 bits per heavy atom. The standard InChI is InChI=1S/C30H25NO6/c1-35-25-17-22(14-15-23(25)37-19-21-11-6-3-7-12-21)27-26(28(32)24-13-8-16-36-24)29(33)30(34)31(27)18-20-9-4-2-5-10-20/h2-17,27,33H,18-19H2,1H3. The fraction of sp³-hybridized carbons (Fsp3) is 0.133. The molecule has 0 saturated carbocycles. The van der Waals surface area contributed by atoms with Gasteiger partial charge < -0.3 is 23.9 Å². The van der Waals surface area contributed by atoms with Crippen LogP contribution in [0.2, 0.25) is 0 Å². The molecule has 3 aromatic carbocycles. The summed E-state index contributed by atoms with van der Waals surface area (Å²) >= 11 is 0. The minimum absolute atomic E-state index is 0.0377. The minimum Gasteiger partial charge on any atom is -0.503 e. The molecule has 1 aliphatic heterocycles. The Bertz CT molecular complexity index is 1430. The summed E-state index contributed by atoms with van der Waals surface area (Å²) in [7, 11) is 1.53. The molecule has 0 bridgehead atoms. The second-order valence-corrected chi connectivity index (χ2v) is 8.57. The predicted molar refractivity (Wildman–Crippen MR) is 136 cm³/mol. The number of methoxy groups -OCH3 is 1. The van der Waals surface area contributed by atoms with Crippen molar-refractivity contribution in [1.82, 2.24) is 4.90 Å². The fourth-order valence-corrected chi connectivity index (χ4v) is 4.42. The van der Waals surface area contributed by atoms with Crippen LogP contribution in [0.3, 0.4) is 0 Å². The first-order valence-electron chi connectivity index (χ1n) is 11.8. The van der Waals surface area contributed by atoms with Crippen molar-refractivity contribution < 1.29 is 28.6 Å². The molecule has 1 aromatic heterocycles. The van der Waals surface area contributed by atoms with E-state index in [0.29, 0.717) is 23.7 Å². The molecule has 0 spiro atoms. The van der Waals surface area contributed by atoms with Crippen LogP contribution in [0.4, 0.5) is 0 Å². The van der Waals surface area contributed by atoms with E-state index in [2.05, 4.69) is 0 Å².